The number of aryl methyl sites for hydroxylation is 1. The molecule has 8 nitrogen and oxygen atoms in total. The second-order valence-corrected chi connectivity index (χ2v) is 6.41. The van der Waals surface area contributed by atoms with Gasteiger partial charge in [-0.1, -0.05) is 17.3 Å². The fourth-order valence-corrected chi connectivity index (χ4v) is 3.13. The normalized spacial score (nSPS) is 17.2. The van der Waals surface area contributed by atoms with Crippen molar-refractivity contribution in [3.63, 3.8) is 0 Å². The van der Waals surface area contributed by atoms with Gasteiger partial charge in [0.2, 0.25) is 5.89 Å². The van der Waals surface area contributed by atoms with Gasteiger partial charge in [-0.25, -0.2) is 0 Å². The molecule has 0 amide bonds. The van der Waals surface area contributed by atoms with Gasteiger partial charge < -0.3 is 24.8 Å². The Morgan fingerprint density at radius 3 is 2.96 bits per heavy atom. The van der Waals surface area contributed by atoms with Gasteiger partial charge in [0.15, 0.2) is 11.8 Å². The third kappa shape index (κ3) is 5.30. The van der Waals surface area contributed by atoms with E-state index in [-0.39, 0.29) is 11.8 Å². The van der Waals surface area contributed by atoms with E-state index in [1.54, 1.807) is 32.2 Å². The largest absolute Gasteiger partial charge is 0.433 e. The molecule has 1 atom stereocenters. The molecule has 1 aliphatic rings. The number of rotatable bonds is 7. The molecule has 0 bridgehead atoms. The minimum absolute atomic E-state index is 0.136. The third-order valence-electron chi connectivity index (χ3n) is 4.38. The van der Waals surface area contributed by atoms with E-state index in [1.807, 2.05) is 11.0 Å². The molecule has 2 aromatic rings. The highest BCUT2D eigenvalue weighted by Gasteiger charge is 2.26. The van der Waals surface area contributed by atoms with Crippen LogP contribution in [0.5, 0.6) is 5.75 Å². The smallest absolute Gasteiger partial charge is 0.387 e. The number of aromatic nitrogens is 2. The van der Waals surface area contributed by atoms with Crippen LogP contribution < -0.4 is 20.3 Å². The average Bonchev–Trinajstić information content (AvgIpc) is 3.30. The first-order chi connectivity index (χ1) is 13.5. The molecule has 3 rings (SSSR count). The van der Waals surface area contributed by atoms with Crippen molar-refractivity contribution < 1.29 is 18.0 Å². The molecule has 2 N–H and O–H groups in total. The van der Waals surface area contributed by atoms with Gasteiger partial charge in [0.05, 0.1) is 5.69 Å². The molecule has 0 spiro atoms. The lowest BCUT2D eigenvalue weighted by Gasteiger charge is -2.22. The summed E-state index contributed by atoms with van der Waals surface area (Å²) in [4.78, 5) is 10.4. The van der Waals surface area contributed by atoms with Gasteiger partial charge in [-0.05, 0) is 25.5 Å². The van der Waals surface area contributed by atoms with Crippen LogP contribution in [0.15, 0.2) is 33.8 Å². The molecule has 0 radical (unpaired) electrons. The Morgan fingerprint density at radius 1 is 1.43 bits per heavy atom. The van der Waals surface area contributed by atoms with Crippen molar-refractivity contribution in [2.24, 2.45) is 4.99 Å². The number of guanidine groups is 1. The SMILES string of the molecule is CN=C(NCCc1nc(C)no1)NC1CCN(c2ccccc2OC(F)F)C1. The van der Waals surface area contributed by atoms with Crippen LogP contribution in [-0.4, -0.2) is 55.4 Å². The van der Waals surface area contributed by atoms with Gasteiger partial charge in [0.25, 0.3) is 0 Å². The highest BCUT2D eigenvalue weighted by molar-refractivity contribution is 5.80. The van der Waals surface area contributed by atoms with Crippen LogP contribution in [0.4, 0.5) is 14.5 Å². The predicted octanol–water partition coefficient (Wildman–Crippen LogP) is 1.97. The van der Waals surface area contributed by atoms with Crippen molar-refractivity contribution in [3.8, 4) is 5.75 Å². The fourth-order valence-electron chi connectivity index (χ4n) is 3.13. The highest BCUT2D eigenvalue weighted by Crippen LogP contribution is 2.31. The molecule has 10 heteroatoms. The first-order valence-electron chi connectivity index (χ1n) is 9.10. The molecular weight excluding hydrogens is 370 g/mol. The van der Waals surface area contributed by atoms with E-state index in [2.05, 4.69) is 30.5 Å². The molecule has 1 unspecified atom stereocenters. The molecule has 1 saturated heterocycles. The van der Waals surface area contributed by atoms with E-state index in [1.165, 1.54) is 0 Å². The molecule has 28 heavy (non-hydrogen) atoms. The van der Waals surface area contributed by atoms with Gasteiger partial charge in [0, 0.05) is 39.1 Å². The molecule has 1 fully saturated rings. The molecule has 152 valence electrons. The number of benzene rings is 1. The van der Waals surface area contributed by atoms with E-state index in [4.69, 9.17) is 4.52 Å². The fraction of sp³-hybridized carbons (Fsp3) is 0.500. The number of ether oxygens (including phenoxy) is 1. The first kappa shape index (κ1) is 19.8. The van der Waals surface area contributed by atoms with Crippen molar-refractivity contribution in [1.29, 1.82) is 0 Å². The lowest BCUT2D eigenvalue weighted by Crippen LogP contribution is -2.45. The van der Waals surface area contributed by atoms with Crippen LogP contribution in [0.25, 0.3) is 0 Å². The summed E-state index contributed by atoms with van der Waals surface area (Å²) < 4.78 is 35.0. The van der Waals surface area contributed by atoms with Crippen LogP contribution in [0.3, 0.4) is 0 Å². The highest BCUT2D eigenvalue weighted by atomic mass is 19.3. The molecule has 0 aliphatic carbocycles. The molecule has 1 aromatic carbocycles. The Kier molecular flexibility index (Phi) is 6.62. The van der Waals surface area contributed by atoms with Gasteiger partial charge in [-0.2, -0.15) is 13.8 Å². The standard InChI is InChI=1S/C18H24F2N6O2/c1-12-23-16(28-25-12)7-9-22-18(21-2)24-13-8-10-26(11-13)14-5-3-4-6-15(14)27-17(19)20/h3-6,13,17H,7-11H2,1-2H3,(H2,21,22,24). The van der Waals surface area contributed by atoms with E-state index in [0.29, 0.717) is 42.9 Å². The van der Waals surface area contributed by atoms with Gasteiger partial charge >= 0.3 is 6.61 Å². The number of para-hydroxylation sites is 2. The van der Waals surface area contributed by atoms with E-state index in [9.17, 15) is 8.78 Å². The Balaban J connectivity index is 1.50. The van der Waals surface area contributed by atoms with Crippen molar-refractivity contribution in [1.82, 2.24) is 20.8 Å². The Bertz CT molecular complexity index is 798. The zero-order valence-corrected chi connectivity index (χ0v) is 15.9. The van der Waals surface area contributed by atoms with E-state index < -0.39 is 6.61 Å². The maximum atomic E-state index is 12.6. The van der Waals surface area contributed by atoms with Crippen LogP contribution in [0.2, 0.25) is 0 Å². The molecule has 1 aliphatic heterocycles. The van der Waals surface area contributed by atoms with E-state index >= 15 is 0 Å². The summed E-state index contributed by atoms with van der Waals surface area (Å²) >= 11 is 0. The van der Waals surface area contributed by atoms with Crippen LogP contribution in [-0.2, 0) is 6.42 Å². The second-order valence-electron chi connectivity index (χ2n) is 6.41. The maximum absolute atomic E-state index is 12.6. The summed E-state index contributed by atoms with van der Waals surface area (Å²) in [6, 6.07) is 6.98. The Labute approximate surface area is 162 Å². The average molecular weight is 394 g/mol. The summed E-state index contributed by atoms with van der Waals surface area (Å²) in [6.45, 7) is 0.926. The summed E-state index contributed by atoms with van der Waals surface area (Å²) in [5.74, 6) is 2.04. The summed E-state index contributed by atoms with van der Waals surface area (Å²) in [5, 5.41) is 10.3. The van der Waals surface area contributed by atoms with Crippen molar-refractivity contribution in [3.05, 3.63) is 36.0 Å². The zero-order chi connectivity index (χ0) is 19.9. The number of anilines is 1. The minimum atomic E-state index is -2.84. The van der Waals surface area contributed by atoms with Crippen molar-refractivity contribution in [2.75, 3.05) is 31.6 Å². The number of hydrogen-bond acceptors (Lipinski definition) is 6. The summed E-state index contributed by atoms with van der Waals surface area (Å²) in [7, 11) is 1.70. The number of alkyl halides is 2. The minimum Gasteiger partial charge on any atom is -0.433 e. The van der Waals surface area contributed by atoms with Gasteiger partial charge in [0.1, 0.15) is 5.75 Å². The predicted molar refractivity (Wildman–Crippen MR) is 101 cm³/mol. The van der Waals surface area contributed by atoms with Crippen molar-refractivity contribution >= 4 is 11.6 Å². The van der Waals surface area contributed by atoms with E-state index in [0.717, 1.165) is 13.0 Å². The number of nitrogens with zero attached hydrogens (tertiary/aromatic N) is 4. The van der Waals surface area contributed by atoms with Gasteiger partial charge in [-0.3, -0.25) is 4.99 Å². The number of nitrogens with one attached hydrogen (secondary N) is 2. The molecule has 2 heterocycles. The molecule has 1 aromatic heterocycles. The van der Waals surface area contributed by atoms with Crippen LogP contribution in [0, 0.1) is 6.92 Å². The summed E-state index contributed by atoms with van der Waals surface area (Å²) in [5.41, 5.74) is 0.668. The first-order valence-corrected chi connectivity index (χ1v) is 9.10. The number of hydrogen-bond donors (Lipinski definition) is 2. The third-order valence-corrected chi connectivity index (χ3v) is 4.38. The topological polar surface area (TPSA) is 87.8 Å². The second kappa shape index (κ2) is 9.34. The molecule has 0 saturated carbocycles. The Hall–Kier alpha value is -2.91. The zero-order valence-electron chi connectivity index (χ0n) is 15.9. The van der Waals surface area contributed by atoms with Crippen molar-refractivity contribution in [2.45, 2.75) is 32.4 Å². The molecular formula is C18H24F2N6O2. The maximum Gasteiger partial charge on any atom is 0.387 e. The quantitative estimate of drug-likeness (QED) is 0.548. The lowest BCUT2D eigenvalue weighted by atomic mass is 10.2. The lowest BCUT2D eigenvalue weighted by molar-refractivity contribution is -0.0495. The monoisotopic (exact) mass is 394 g/mol. The Morgan fingerprint density at radius 2 is 2.25 bits per heavy atom. The van der Waals surface area contributed by atoms with Crippen LogP contribution >= 0.6 is 0 Å². The van der Waals surface area contributed by atoms with Gasteiger partial charge in [-0.15, -0.1) is 0 Å². The number of halogens is 2. The summed E-state index contributed by atoms with van der Waals surface area (Å²) in [6.07, 6.45) is 1.45. The van der Waals surface area contributed by atoms with Crippen LogP contribution in [0.1, 0.15) is 18.1 Å². The number of aliphatic imine (C=N–C) groups is 1.